The third-order valence-corrected chi connectivity index (χ3v) is 4.56. The molecule has 1 aromatic heterocycles. The number of nitrogens with zero attached hydrogens (tertiary/aromatic N) is 2. The number of carbonyl (C=O) groups excluding carboxylic acids is 1. The predicted octanol–water partition coefficient (Wildman–Crippen LogP) is 0.948. The summed E-state index contributed by atoms with van der Waals surface area (Å²) in [6, 6.07) is 9.34. The minimum absolute atomic E-state index is 0.0868. The molecule has 7 heteroatoms. The van der Waals surface area contributed by atoms with E-state index in [2.05, 4.69) is 9.97 Å². The molecule has 0 bridgehead atoms. The molecule has 2 N–H and O–H groups in total. The van der Waals surface area contributed by atoms with Gasteiger partial charge in [-0.05, 0) is 12.5 Å². The lowest BCUT2D eigenvalue weighted by atomic mass is 9.89. The van der Waals surface area contributed by atoms with E-state index in [1.54, 1.807) is 6.92 Å². The van der Waals surface area contributed by atoms with Crippen molar-refractivity contribution in [2.75, 3.05) is 13.1 Å². The van der Waals surface area contributed by atoms with Crippen molar-refractivity contribution in [2.45, 2.75) is 19.3 Å². The Morgan fingerprint density at radius 1 is 1.28 bits per heavy atom. The number of nitrogens with one attached hydrogen (secondary N) is 1. The maximum Gasteiger partial charge on any atom is 0.308 e. The number of aromatic amines is 1. The van der Waals surface area contributed by atoms with Crippen LogP contribution in [0.5, 0.6) is 0 Å². The van der Waals surface area contributed by atoms with Gasteiger partial charge in [0.25, 0.3) is 5.56 Å². The van der Waals surface area contributed by atoms with E-state index >= 15 is 0 Å². The van der Waals surface area contributed by atoms with Gasteiger partial charge in [0.1, 0.15) is 5.82 Å². The summed E-state index contributed by atoms with van der Waals surface area (Å²) in [5, 5.41) is 9.51. The Morgan fingerprint density at radius 3 is 2.64 bits per heavy atom. The number of carboxylic acids is 1. The molecule has 1 amide bonds. The fourth-order valence-electron chi connectivity index (χ4n) is 3.21. The fourth-order valence-corrected chi connectivity index (χ4v) is 3.21. The smallest absolute Gasteiger partial charge is 0.308 e. The summed E-state index contributed by atoms with van der Waals surface area (Å²) in [6.07, 6.45) is 1.31. The zero-order valence-electron chi connectivity index (χ0n) is 13.8. The molecule has 1 aliphatic rings. The normalized spacial score (nSPS) is 19.8. The van der Waals surface area contributed by atoms with Crippen LogP contribution in [0.2, 0.25) is 0 Å². The lowest BCUT2D eigenvalue weighted by Crippen LogP contribution is -2.33. The van der Waals surface area contributed by atoms with Crippen molar-refractivity contribution in [1.29, 1.82) is 0 Å². The first-order chi connectivity index (χ1) is 12.0. The minimum atomic E-state index is -0.918. The molecular formula is C18H19N3O4. The number of carboxylic acid groups (broad SMARTS) is 1. The number of H-pyrrole nitrogens is 1. The third-order valence-electron chi connectivity index (χ3n) is 4.56. The summed E-state index contributed by atoms with van der Waals surface area (Å²) < 4.78 is 0. The van der Waals surface area contributed by atoms with E-state index in [0.717, 1.165) is 5.56 Å². The number of hydrogen-bond donors (Lipinski definition) is 2. The van der Waals surface area contributed by atoms with E-state index in [9.17, 15) is 19.5 Å². The Bertz CT molecular complexity index is 847. The molecule has 7 nitrogen and oxygen atoms in total. The van der Waals surface area contributed by atoms with Crippen LogP contribution in [0.4, 0.5) is 0 Å². The van der Waals surface area contributed by atoms with Crippen LogP contribution < -0.4 is 5.56 Å². The molecule has 0 aliphatic carbocycles. The number of amides is 1. The Labute approximate surface area is 144 Å². The molecule has 2 aromatic rings. The van der Waals surface area contributed by atoms with E-state index in [1.807, 2.05) is 30.3 Å². The monoisotopic (exact) mass is 341 g/mol. The molecule has 2 heterocycles. The molecule has 25 heavy (non-hydrogen) atoms. The minimum Gasteiger partial charge on any atom is -0.481 e. The van der Waals surface area contributed by atoms with Crippen LogP contribution in [-0.2, 0) is 16.0 Å². The van der Waals surface area contributed by atoms with Gasteiger partial charge in [-0.3, -0.25) is 14.4 Å². The van der Waals surface area contributed by atoms with E-state index in [4.69, 9.17) is 0 Å². The maximum absolute atomic E-state index is 12.5. The van der Waals surface area contributed by atoms with Crippen molar-refractivity contribution in [3.63, 3.8) is 0 Å². The summed E-state index contributed by atoms with van der Waals surface area (Å²) in [6.45, 7) is 2.14. The molecule has 0 spiro atoms. The maximum atomic E-state index is 12.5. The molecule has 1 aromatic carbocycles. The molecule has 1 aliphatic heterocycles. The van der Waals surface area contributed by atoms with Crippen molar-refractivity contribution in [3.8, 4) is 0 Å². The lowest BCUT2D eigenvalue weighted by molar-refractivity contribution is -0.141. The molecule has 3 rings (SSSR count). The molecule has 0 saturated carbocycles. The Balaban J connectivity index is 1.78. The standard InChI is InChI=1S/C18H19N3O4/c1-11-19-8-13(17(23)20-11)7-16(22)21-9-14(15(10-21)18(24)25)12-5-3-2-4-6-12/h2-6,8,14-15H,7,9-10H2,1H3,(H,24,25)(H,19,20,23)/t14-,15+/m0/s1. The molecule has 1 fully saturated rings. The number of carbonyl (C=O) groups is 2. The average Bonchev–Trinajstić information content (AvgIpc) is 3.04. The van der Waals surface area contributed by atoms with E-state index in [0.29, 0.717) is 12.4 Å². The number of aromatic nitrogens is 2. The van der Waals surface area contributed by atoms with Gasteiger partial charge in [0.15, 0.2) is 0 Å². The lowest BCUT2D eigenvalue weighted by Gasteiger charge is -2.16. The van der Waals surface area contributed by atoms with E-state index < -0.39 is 11.9 Å². The van der Waals surface area contributed by atoms with Gasteiger partial charge in [-0.25, -0.2) is 4.98 Å². The molecule has 2 atom stereocenters. The highest BCUT2D eigenvalue weighted by molar-refractivity contribution is 5.81. The van der Waals surface area contributed by atoms with E-state index in [-0.39, 0.29) is 35.9 Å². The highest BCUT2D eigenvalue weighted by Gasteiger charge is 2.40. The number of aryl methyl sites for hydroxylation is 1. The topological polar surface area (TPSA) is 103 Å². The summed E-state index contributed by atoms with van der Waals surface area (Å²) in [5.74, 6) is -1.60. The van der Waals surface area contributed by atoms with Gasteiger partial charge in [-0.2, -0.15) is 0 Å². The third kappa shape index (κ3) is 3.60. The SMILES string of the molecule is Cc1ncc(CC(=O)N2C[C@@H](C(=O)O)[C@H](c3ccccc3)C2)c(=O)[nH]1. The Morgan fingerprint density at radius 2 is 2.00 bits per heavy atom. The predicted molar refractivity (Wildman–Crippen MR) is 90.2 cm³/mol. The number of likely N-dealkylation sites (tertiary alicyclic amines) is 1. The number of rotatable bonds is 4. The van der Waals surface area contributed by atoms with Gasteiger partial charge >= 0.3 is 5.97 Å². The summed E-state index contributed by atoms with van der Waals surface area (Å²) in [7, 11) is 0. The Hall–Kier alpha value is -2.96. The van der Waals surface area contributed by atoms with Gasteiger partial charge in [0.2, 0.25) is 5.91 Å². The highest BCUT2D eigenvalue weighted by atomic mass is 16.4. The zero-order valence-corrected chi connectivity index (χ0v) is 13.8. The van der Waals surface area contributed by atoms with Gasteiger partial charge in [-0.15, -0.1) is 0 Å². The van der Waals surface area contributed by atoms with Gasteiger partial charge in [0, 0.05) is 30.8 Å². The fraction of sp³-hybridized carbons (Fsp3) is 0.333. The van der Waals surface area contributed by atoms with Gasteiger partial charge < -0.3 is 15.0 Å². The van der Waals surface area contributed by atoms with Crippen molar-refractivity contribution in [1.82, 2.24) is 14.9 Å². The van der Waals surface area contributed by atoms with E-state index in [1.165, 1.54) is 11.1 Å². The summed E-state index contributed by atoms with van der Waals surface area (Å²) in [5.41, 5.74) is 0.847. The second-order valence-corrected chi connectivity index (χ2v) is 6.26. The number of benzene rings is 1. The van der Waals surface area contributed by atoms with Crippen LogP contribution in [0, 0.1) is 12.8 Å². The first-order valence-corrected chi connectivity index (χ1v) is 8.06. The second kappa shape index (κ2) is 6.88. The zero-order chi connectivity index (χ0) is 18.0. The molecular weight excluding hydrogens is 322 g/mol. The van der Waals surface area contributed by atoms with Crippen molar-refractivity contribution in [3.05, 3.63) is 63.8 Å². The first-order valence-electron chi connectivity index (χ1n) is 8.06. The molecule has 0 radical (unpaired) electrons. The van der Waals surface area contributed by atoms with Crippen LogP contribution in [0.3, 0.4) is 0 Å². The molecule has 0 unspecified atom stereocenters. The van der Waals surface area contributed by atoms with Crippen molar-refractivity contribution >= 4 is 11.9 Å². The molecule has 130 valence electrons. The number of aliphatic carboxylic acids is 1. The van der Waals surface area contributed by atoms with Gasteiger partial charge in [0.05, 0.1) is 12.3 Å². The number of hydrogen-bond acceptors (Lipinski definition) is 4. The van der Waals surface area contributed by atoms with Crippen LogP contribution >= 0.6 is 0 Å². The van der Waals surface area contributed by atoms with Crippen molar-refractivity contribution in [2.24, 2.45) is 5.92 Å². The quantitative estimate of drug-likeness (QED) is 0.862. The van der Waals surface area contributed by atoms with Crippen LogP contribution in [0.1, 0.15) is 22.9 Å². The summed E-state index contributed by atoms with van der Waals surface area (Å²) in [4.78, 5) is 44.1. The molecule has 1 saturated heterocycles. The largest absolute Gasteiger partial charge is 0.481 e. The van der Waals surface area contributed by atoms with Crippen LogP contribution in [0.25, 0.3) is 0 Å². The van der Waals surface area contributed by atoms with Crippen LogP contribution in [0.15, 0.2) is 41.3 Å². The Kier molecular flexibility index (Phi) is 4.65. The first kappa shape index (κ1) is 16.9. The second-order valence-electron chi connectivity index (χ2n) is 6.26. The van der Waals surface area contributed by atoms with Gasteiger partial charge in [-0.1, -0.05) is 30.3 Å². The van der Waals surface area contributed by atoms with Crippen LogP contribution in [-0.4, -0.2) is 44.9 Å². The highest BCUT2D eigenvalue weighted by Crippen LogP contribution is 2.33. The average molecular weight is 341 g/mol. The van der Waals surface area contributed by atoms with Crippen molar-refractivity contribution < 1.29 is 14.7 Å². The summed E-state index contributed by atoms with van der Waals surface area (Å²) >= 11 is 0.